The summed E-state index contributed by atoms with van der Waals surface area (Å²) in [6, 6.07) is 6.16. The third kappa shape index (κ3) is 3.71. The third-order valence-electron chi connectivity index (χ3n) is 4.52. The lowest BCUT2D eigenvalue weighted by molar-refractivity contribution is 0.158. The molecule has 6 nitrogen and oxygen atoms in total. The molecular weight excluding hydrogens is 288 g/mol. The van der Waals surface area contributed by atoms with Crippen molar-refractivity contribution in [2.75, 3.05) is 57.4 Å². The Bertz CT molecular complexity index is 663. The maximum absolute atomic E-state index is 5.87. The quantitative estimate of drug-likeness (QED) is 0.870. The average molecular weight is 314 g/mol. The molecule has 0 spiro atoms. The van der Waals surface area contributed by atoms with Crippen molar-refractivity contribution in [2.45, 2.75) is 13.3 Å². The van der Waals surface area contributed by atoms with Gasteiger partial charge in [-0.3, -0.25) is 4.90 Å². The number of anilines is 2. The molecule has 0 radical (unpaired) electrons. The van der Waals surface area contributed by atoms with Crippen molar-refractivity contribution in [3.05, 3.63) is 23.8 Å². The minimum absolute atomic E-state index is 0.327. The second-order valence-corrected chi connectivity index (χ2v) is 6.17. The highest BCUT2D eigenvalue weighted by Gasteiger charge is 2.14. The molecule has 1 fully saturated rings. The van der Waals surface area contributed by atoms with Crippen LogP contribution in [0.15, 0.2) is 18.2 Å². The highest BCUT2D eigenvalue weighted by Crippen LogP contribution is 2.25. The second-order valence-electron chi connectivity index (χ2n) is 6.17. The van der Waals surface area contributed by atoms with Crippen LogP contribution in [0.2, 0.25) is 0 Å². The van der Waals surface area contributed by atoms with E-state index in [2.05, 4.69) is 45.1 Å². The number of rotatable bonds is 5. The summed E-state index contributed by atoms with van der Waals surface area (Å²) in [6.07, 6.45) is 0.956. The van der Waals surface area contributed by atoms with Crippen LogP contribution in [0.3, 0.4) is 0 Å². The number of piperazine rings is 1. The lowest BCUT2D eigenvalue weighted by atomic mass is 10.1. The lowest BCUT2D eigenvalue weighted by Crippen LogP contribution is -2.45. The number of nitrogen functional groups attached to an aromatic ring is 1. The largest absolute Gasteiger partial charge is 0.368 e. The van der Waals surface area contributed by atoms with Gasteiger partial charge in [0.05, 0.1) is 5.52 Å². The van der Waals surface area contributed by atoms with Gasteiger partial charge in [0, 0.05) is 44.7 Å². The summed E-state index contributed by atoms with van der Waals surface area (Å²) in [5, 5.41) is 4.57. The summed E-state index contributed by atoms with van der Waals surface area (Å²) in [5.41, 5.74) is 8.04. The highest BCUT2D eigenvalue weighted by molar-refractivity contribution is 5.93. The van der Waals surface area contributed by atoms with E-state index in [4.69, 9.17) is 5.73 Å². The Hall–Kier alpha value is -1.92. The SMILES string of the molecule is CCc1cccc2nc(N)nc(NCCN3CCN(C)CC3)c12. The van der Waals surface area contributed by atoms with Gasteiger partial charge in [0.15, 0.2) is 0 Å². The average Bonchev–Trinajstić information content (AvgIpc) is 2.55. The third-order valence-corrected chi connectivity index (χ3v) is 4.52. The summed E-state index contributed by atoms with van der Waals surface area (Å²) < 4.78 is 0. The molecule has 0 aliphatic carbocycles. The van der Waals surface area contributed by atoms with E-state index in [1.807, 2.05) is 12.1 Å². The van der Waals surface area contributed by atoms with Crippen LogP contribution in [-0.4, -0.2) is 66.1 Å². The molecule has 6 heteroatoms. The van der Waals surface area contributed by atoms with Gasteiger partial charge in [-0.05, 0) is 25.1 Å². The van der Waals surface area contributed by atoms with Crippen LogP contribution in [0.4, 0.5) is 11.8 Å². The predicted molar refractivity (Wildman–Crippen MR) is 95.8 cm³/mol. The first-order valence-corrected chi connectivity index (χ1v) is 8.37. The number of hydrogen-bond donors (Lipinski definition) is 2. The van der Waals surface area contributed by atoms with Crippen LogP contribution in [0.1, 0.15) is 12.5 Å². The number of hydrogen-bond acceptors (Lipinski definition) is 6. The van der Waals surface area contributed by atoms with Gasteiger partial charge in [0.1, 0.15) is 5.82 Å². The zero-order valence-electron chi connectivity index (χ0n) is 14.0. The zero-order chi connectivity index (χ0) is 16.2. The van der Waals surface area contributed by atoms with Crippen molar-refractivity contribution in [3.63, 3.8) is 0 Å². The van der Waals surface area contributed by atoms with Crippen molar-refractivity contribution in [1.82, 2.24) is 19.8 Å². The molecule has 3 N–H and O–H groups in total. The molecule has 0 atom stereocenters. The molecule has 3 rings (SSSR count). The molecule has 0 unspecified atom stereocenters. The topological polar surface area (TPSA) is 70.3 Å². The first-order valence-electron chi connectivity index (χ1n) is 8.37. The number of nitrogens with one attached hydrogen (secondary N) is 1. The van der Waals surface area contributed by atoms with Gasteiger partial charge >= 0.3 is 0 Å². The Labute approximate surface area is 137 Å². The molecule has 23 heavy (non-hydrogen) atoms. The van der Waals surface area contributed by atoms with Gasteiger partial charge in [0.2, 0.25) is 5.95 Å². The Morgan fingerprint density at radius 1 is 1.17 bits per heavy atom. The summed E-state index contributed by atoms with van der Waals surface area (Å²) in [6.45, 7) is 8.59. The summed E-state index contributed by atoms with van der Waals surface area (Å²) in [7, 11) is 2.18. The fourth-order valence-electron chi connectivity index (χ4n) is 3.10. The minimum Gasteiger partial charge on any atom is -0.368 e. The van der Waals surface area contributed by atoms with Gasteiger partial charge in [-0.25, -0.2) is 4.98 Å². The van der Waals surface area contributed by atoms with E-state index in [1.165, 1.54) is 5.56 Å². The maximum atomic E-state index is 5.87. The standard InChI is InChI=1S/C17H26N6/c1-3-13-5-4-6-14-15(13)16(21-17(18)20-14)19-7-8-23-11-9-22(2)10-12-23/h4-6H,3,7-12H2,1-2H3,(H3,18,19,20,21). The van der Waals surface area contributed by atoms with Crippen molar-refractivity contribution in [3.8, 4) is 0 Å². The molecule has 1 aliphatic heterocycles. The molecular formula is C17H26N6. The van der Waals surface area contributed by atoms with E-state index in [0.717, 1.165) is 62.4 Å². The normalized spacial score (nSPS) is 16.8. The van der Waals surface area contributed by atoms with Crippen LogP contribution in [0.5, 0.6) is 0 Å². The molecule has 0 amide bonds. The molecule has 2 aromatic rings. The van der Waals surface area contributed by atoms with E-state index >= 15 is 0 Å². The van der Waals surface area contributed by atoms with Crippen LogP contribution < -0.4 is 11.1 Å². The van der Waals surface area contributed by atoms with Crippen LogP contribution in [0, 0.1) is 0 Å². The van der Waals surface area contributed by atoms with E-state index in [-0.39, 0.29) is 0 Å². The Morgan fingerprint density at radius 3 is 2.70 bits per heavy atom. The van der Waals surface area contributed by atoms with Gasteiger partial charge in [-0.1, -0.05) is 19.1 Å². The van der Waals surface area contributed by atoms with E-state index < -0.39 is 0 Å². The zero-order valence-corrected chi connectivity index (χ0v) is 14.0. The smallest absolute Gasteiger partial charge is 0.222 e. The number of benzene rings is 1. The molecule has 2 heterocycles. The summed E-state index contributed by atoms with van der Waals surface area (Å²) in [5.74, 6) is 1.19. The first-order chi connectivity index (χ1) is 11.2. The van der Waals surface area contributed by atoms with Gasteiger partial charge in [-0.2, -0.15) is 4.98 Å². The highest BCUT2D eigenvalue weighted by atomic mass is 15.3. The molecule has 1 aliphatic rings. The summed E-state index contributed by atoms with van der Waals surface area (Å²) in [4.78, 5) is 13.7. The number of nitrogens with zero attached hydrogens (tertiary/aromatic N) is 4. The minimum atomic E-state index is 0.327. The number of nitrogens with two attached hydrogens (primary N) is 1. The van der Waals surface area contributed by atoms with Crippen molar-refractivity contribution in [2.24, 2.45) is 0 Å². The van der Waals surface area contributed by atoms with Gasteiger partial charge in [0.25, 0.3) is 0 Å². The molecule has 0 bridgehead atoms. The number of fused-ring (bicyclic) bond motifs is 1. The summed E-state index contributed by atoms with van der Waals surface area (Å²) >= 11 is 0. The Morgan fingerprint density at radius 2 is 1.96 bits per heavy atom. The fourth-order valence-corrected chi connectivity index (χ4v) is 3.10. The van der Waals surface area contributed by atoms with Crippen LogP contribution in [0.25, 0.3) is 10.9 Å². The monoisotopic (exact) mass is 314 g/mol. The van der Waals surface area contributed by atoms with Crippen LogP contribution >= 0.6 is 0 Å². The fraction of sp³-hybridized carbons (Fsp3) is 0.529. The van der Waals surface area contributed by atoms with Gasteiger partial charge < -0.3 is 16.0 Å². The van der Waals surface area contributed by atoms with E-state index in [0.29, 0.717) is 5.95 Å². The lowest BCUT2D eigenvalue weighted by Gasteiger charge is -2.32. The van der Waals surface area contributed by atoms with Gasteiger partial charge in [-0.15, -0.1) is 0 Å². The molecule has 0 saturated carbocycles. The Balaban J connectivity index is 1.72. The molecule has 1 aromatic carbocycles. The molecule has 1 aromatic heterocycles. The molecule has 124 valence electrons. The number of likely N-dealkylation sites (N-methyl/N-ethyl adjacent to an activating group) is 1. The van der Waals surface area contributed by atoms with Crippen LogP contribution in [-0.2, 0) is 6.42 Å². The van der Waals surface area contributed by atoms with Crippen molar-refractivity contribution < 1.29 is 0 Å². The number of aryl methyl sites for hydroxylation is 1. The number of aromatic nitrogens is 2. The predicted octanol–water partition coefficient (Wildman–Crippen LogP) is 1.43. The molecule has 1 saturated heterocycles. The van der Waals surface area contributed by atoms with Crippen molar-refractivity contribution >= 4 is 22.7 Å². The first kappa shape index (κ1) is 16.0. The Kier molecular flexibility index (Phi) is 4.93. The van der Waals surface area contributed by atoms with Crippen molar-refractivity contribution in [1.29, 1.82) is 0 Å². The van der Waals surface area contributed by atoms with E-state index in [1.54, 1.807) is 0 Å². The van der Waals surface area contributed by atoms with E-state index in [9.17, 15) is 0 Å². The maximum Gasteiger partial charge on any atom is 0.222 e. The second kappa shape index (κ2) is 7.10.